The molecule has 29 heavy (non-hydrogen) atoms. The summed E-state index contributed by atoms with van der Waals surface area (Å²) in [5.41, 5.74) is 2.08. The highest BCUT2D eigenvalue weighted by Gasteiger charge is 2.21. The van der Waals surface area contributed by atoms with E-state index in [0.29, 0.717) is 44.4 Å². The van der Waals surface area contributed by atoms with Crippen molar-refractivity contribution in [3.63, 3.8) is 0 Å². The fourth-order valence-corrected chi connectivity index (χ4v) is 4.05. The van der Waals surface area contributed by atoms with Crippen molar-refractivity contribution in [1.82, 2.24) is 16.0 Å². The minimum absolute atomic E-state index is 0.151. The van der Waals surface area contributed by atoms with Crippen LogP contribution in [0.25, 0.3) is 0 Å². The van der Waals surface area contributed by atoms with E-state index in [1.165, 1.54) is 25.7 Å². The number of benzene rings is 1. The summed E-state index contributed by atoms with van der Waals surface area (Å²) >= 11 is 0. The first-order valence-corrected chi connectivity index (χ1v) is 10.8. The van der Waals surface area contributed by atoms with Gasteiger partial charge in [-0.25, -0.2) is 0 Å². The Morgan fingerprint density at radius 1 is 1.07 bits per heavy atom. The fraction of sp³-hybridized carbons (Fsp3) is 0.591. The smallest absolute Gasteiger partial charge is 0.227 e. The maximum atomic E-state index is 12.0. The van der Waals surface area contributed by atoms with E-state index in [1.807, 2.05) is 29.2 Å². The van der Waals surface area contributed by atoms with E-state index in [-0.39, 0.29) is 11.8 Å². The number of guanidine groups is 1. The van der Waals surface area contributed by atoms with Crippen LogP contribution in [-0.2, 0) is 16.1 Å². The molecule has 7 heteroatoms. The molecule has 1 aliphatic heterocycles. The number of carbonyl (C=O) groups is 2. The molecule has 0 radical (unpaired) electrons. The summed E-state index contributed by atoms with van der Waals surface area (Å²) in [7, 11) is 1.73. The lowest BCUT2D eigenvalue weighted by atomic mass is 10.0. The molecule has 3 N–H and O–H groups in total. The highest BCUT2D eigenvalue weighted by molar-refractivity contribution is 5.95. The van der Waals surface area contributed by atoms with Crippen LogP contribution in [0.5, 0.6) is 0 Å². The lowest BCUT2D eigenvalue weighted by Crippen LogP contribution is -2.41. The van der Waals surface area contributed by atoms with E-state index < -0.39 is 0 Å². The minimum atomic E-state index is 0.151. The molecule has 0 bridgehead atoms. The Morgan fingerprint density at radius 3 is 2.45 bits per heavy atom. The Bertz CT molecular complexity index is 710. The van der Waals surface area contributed by atoms with Gasteiger partial charge in [0.15, 0.2) is 5.96 Å². The average molecular weight is 400 g/mol. The van der Waals surface area contributed by atoms with Gasteiger partial charge in [-0.15, -0.1) is 0 Å². The topological polar surface area (TPSA) is 85.8 Å². The largest absolute Gasteiger partial charge is 0.355 e. The summed E-state index contributed by atoms with van der Waals surface area (Å²) in [6.45, 7) is 2.67. The van der Waals surface area contributed by atoms with Crippen molar-refractivity contribution >= 4 is 23.5 Å². The fourth-order valence-electron chi connectivity index (χ4n) is 4.05. The third kappa shape index (κ3) is 6.48. The van der Waals surface area contributed by atoms with Gasteiger partial charge in [-0.1, -0.05) is 25.0 Å². The molecule has 2 fully saturated rings. The lowest BCUT2D eigenvalue weighted by Gasteiger charge is -2.16. The second kappa shape index (κ2) is 10.8. The van der Waals surface area contributed by atoms with E-state index in [2.05, 4.69) is 20.9 Å². The standard InChI is InChI=1S/C22H33N5O2/c1-23-22(25-13-12-24-20(28)15-17-5-2-3-6-17)26-16-18-8-10-19(11-9-18)27-14-4-7-21(27)29/h8-11,17H,2-7,12-16H2,1H3,(H,24,28)(H2,23,25,26). The first-order chi connectivity index (χ1) is 14.2. The molecule has 1 saturated heterocycles. The molecule has 1 aliphatic carbocycles. The van der Waals surface area contributed by atoms with Crippen molar-refractivity contribution in [2.24, 2.45) is 10.9 Å². The van der Waals surface area contributed by atoms with Gasteiger partial charge in [0, 0.05) is 51.8 Å². The van der Waals surface area contributed by atoms with Gasteiger partial charge in [-0.2, -0.15) is 0 Å². The summed E-state index contributed by atoms with van der Waals surface area (Å²) in [6, 6.07) is 8.06. The molecule has 1 heterocycles. The van der Waals surface area contributed by atoms with Crippen LogP contribution < -0.4 is 20.9 Å². The van der Waals surface area contributed by atoms with Crippen LogP contribution >= 0.6 is 0 Å². The van der Waals surface area contributed by atoms with E-state index in [4.69, 9.17) is 0 Å². The quantitative estimate of drug-likeness (QED) is 0.355. The van der Waals surface area contributed by atoms with Gasteiger partial charge in [-0.05, 0) is 42.9 Å². The second-order valence-corrected chi connectivity index (χ2v) is 7.87. The number of amides is 2. The molecule has 0 unspecified atom stereocenters. The number of rotatable bonds is 8. The Labute approximate surface area is 173 Å². The molecule has 2 amide bonds. The Kier molecular flexibility index (Phi) is 7.90. The van der Waals surface area contributed by atoms with E-state index in [9.17, 15) is 9.59 Å². The average Bonchev–Trinajstić information content (AvgIpc) is 3.39. The van der Waals surface area contributed by atoms with E-state index in [0.717, 1.165) is 24.2 Å². The van der Waals surface area contributed by atoms with Crippen molar-refractivity contribution in [1.29, 1.82) is 0 Å². The van der Waals surface area contributed by atoms with Gasteiger partial charge in [0.25, 0.3) is 0 Å². The molecular formula is C22H33N5O2. The highest BCUT2D eigenvalue weighted by atomic mass is 16.2. The molecule has 0 aromatic heterocycles. The van der Waals surface area contributed by atoms with Crippen LogP contribution in [0.1, 0.15) is 50.5 Å². The van der Waals surface area contributed by atoms with Crippen LogP contribution in [0.15, 0.2) is 29.3 Å². The minimum Gasteiger partial charge on any atom is -0.355 e. The second-order valence-electron chi connectivity index (χ2n) is 7.87. The Hall–Kier alpha value is -2.57. The van der Waals surface area contributed by atoms with E-state index >= 15 is 0 Å². The molecule has 1 saturated carbocycles. The van der Waals surface area contributed by atoms with Crippen LogP contribution in [0.2, 0.25) is 0 Å². The summed E-state index contributed by atoms with van der Waals surface area (Å²) in [5, 5.41) is 9.48. The van der Waals surface area contributed by atoms with Crippen LogP contribution in [0.3, 0.4) is 0 Å². The van der Waals surface area contributed by atoms with Gasteiger partial charge in [0.1, 0.15) is 0 Å². The van der Waals surface area contributed by atoms with E-state index in [1.54, 1.807) is 7.05 Å². The molecule has 1 aromatic rings. The predicted octanol–water partition coefficient (Wildman–Crippen LogP) is 2.17. The molecule has 0 atom stereocenters. The normalized spacial score (nSPS) is 17.6. The van der Waals surface area contributed by atoms with Crippen LogP contribution in [0, 0.1) is 5.92 Å². The summed E-state index contributed by atoms with van der Waals surface area (Å²) in [5.74, 6) is 1.63. The van der Waals surface area contributed by atoms with Gasteiger partial charge in [-0.3, -0.25) is 14.6 Å². The van der Waals surface area contributed by atoms with Crippen molar-refractivity contribution in [2.75, 3.05) is 31.6 Å². The van der Waals surface area contributed by atoms with Crippen LogP contribution in [0.4, 0.5) is 5.69 Å². The summed E-state index contributed by atoms with van der Waals surface area (Å²) in [6.07, 6.45) is 7.15. The highest BCUT2D eigenvalue weighted by Crippen LogP contribution is 2.27. The first-order valence-electron chi connectivity index (χ1n) is 10.8. The maximum Gasteiger partial charge on any atom is 0.227 e. The SMILES string of the molecule is CN=C(NCCNC(=O)CC1CCCC1)NCc1ccc(N2CCCC2=O)cc1. The number of hydrogen-bond donors (Lipinski definition) is 3. The number of carbonyl (C=O) groups excluding carboxylic acids is 2. The zero-order valence-corrected chi connectivity index (χ0v) is 17.4. The van der Waals surface area contributed by atoms with Gasteiger partial charge in [0.05, 0.1) is 0 Å². The number of aliphatic imine (C=N–C) groups is 1. The molecule has 158 valence electrons. The van der Waals surface area contributed by atoms with Gasteiger partial charge >= 0.3 is 0 Å². The van der Waals surface area contributed by atoms with Gasteiger partial charge < -0.3 is 20.9 Å². The van der Waals surface area contributed by atoms with Gasteiger partial charge in [0.2, 0.25) is 11.8 Å². The summed E-state index contributed by atoms with van der Waals surface area (Å²) in [4.78, 5) is 29.9. The predicted molar refractivity (Wildman–Crippen MR) is 116 cm³/mol. The maximum absolute atomic E-state index is 12.0. The van der Waals surface area contributed by atoms with Crippen molar-refractivity contribution in [2.45, 2.75) is 51.5 Å². The van der Waals surface area contributed by atoms with Crippen molar-refractivity contribution in [3.8, 4) is 0 Å². The molecule has 2 aliphatic rings. The van der Waals surface area contributed by atoms with Crippen molar-refractivity contribution in [3.05, 3.63) is 29.8 Å². The molecular weight excluding hydrogens is 366 g/mol. The third-order valence-corrected chi connectivity index (χ3v) is 5.69. The zero-order valence-electron chi connectivity index (χ0n) is 17.4. The Balaban J connectivity index is 1.33. The van der Waals surface area contributed by atoms with Crippen molar-refractivity contribution < 1.29 is 9.59 Å². The van der Waals surface area contributed by atoms with Crippen LogP contribution in [-0.4, -0.2) is 44.5 Å². The number of hydrogen-bond acceptors (Lipinski definition) is 3. The zero-order chi connectivity index (χ0) is 20.5. The molecule has 3 rings (SSSR count). The first kappa shape index (κ1) is 21.1. The monoisotopic (exact) mass is 399 g/mol. The number of anilines is 1. The molecule has 0 spiro atoms. The third-order valence-electron chi connectivity index (χ3n) is 5.69. The lowest BCUT2D eigenvalue weighted by molar-refractivity contribution is -0.122. The number of nitrogens with one attached hydrogen (secondary N) is 3. The summed E-state index contributed by atoms with van der Waals surface area (Å²) < 4.78 is 0. The Morgan fingerprint density at radius 2 is 1.79 bits per heavy atom. The number of nitrogens with zero attached hydrogens (tertiary/aromatic N) is 2. The molecule has 1 aromatic carbocycles. The molecule has 7 nitrogen and oxygen atoms in total.